The van der Waals surface area contributed by atoms with Crippen LogP contribution >= 0.6 is 0 Å². The first-order chi connectivity index (χ1) is 22.2. The summed E-state index contributed by atoms with van der Waals surface area (Å²) in [5.74, 6) is 0.427. The summed E-state index contributed by atoms with van der Waals surface area (Å²) >= 11 is 0. The highest BCUT2D eigenvalue weighted by atomic mass is 32.2. The minimum absolute atomic E-state index is 0.0700. The standard InChI is InChI=1S/C35H45N3O7S/c1-5-45-30-18-16-29(17-19-30)38(46(41,42)31-20-21-32(43-3)33(24-31)44-4)25-34(39)37(23-22-27-12-8-6-9-13-27)26(2)35(40)36-28-14-10-7-11-15-28/h6,8-9,12-13,16-21,24,26,28H,5,7,10-11,14-15,22-23,25H2,1-4H3,(H,36,40)/t26-/m1/s1. The molecular weight excluding hydrogens is 606 g/mol. The zero-order chi connectivity index (χ0) is 33.1. The van der Waals surface area contributed by atoms with Crippen molar-refractivity contribution in [2.45, 2.75) is 69.4 Å². The van der Waals surface area contributed by atoms with Crippen molar-refractivity contribution in [2.75, 3.05) is 38.2 Å². The quantitative estimate of drug-likeness (QED) is 0.240. The maximum absolute atomic E-state index is 14.3. The summed E-state index contributed by atoms with van der Waals surface area (Å²) in [6.45, 7) is 3.71. The van der Waals surface area contributed by atoms with Gasteiger partial charge in [0.1, 0.15) is 18.3 Å². The Balaban J connectivity index is 1.68. The van der Waals surface area contributed by atoms with Crippen LogP contribution in [0.1, 0.15) is 51.5 Å². The van der Waals surface area contributed by atoms with Gasteiger partial charge in [-0.15, -0.1) is 0 Å². The summed E-state index contributed by atoms with van der Waals surface area (Å²) in [6.07, 6.45) is 5.58. The summed E-state index contributed by atoms with van der Waals surface area (Å²) in [5, 5.41) is 3.13. The molecule has 2 amide bonds. The molecule has 3 aromatic rings. The molecule has 1 N–H and O–H groups in total. The number of carbonyl (C=O) groups excluding carboxylic acids is 2. The Kier molecular flexibility index (Phi) is 12.3. The Hall–Kier alpha value is -4.25. The lowest BCUT2D eigenvalue weighted by Crippen LogP contribution is -2.53. The molecule has 0 spiro atoms. The summed E-state index contributed by atoms with van der Waals surface area (Å²) in [7, 11) is -1.40. The minimum atomic E-state index is -4.29. The van der Waals surface area contributed by atoms with E-state index in [-0.39, 0.29) is 34.8 Å². The number of amides is 2. The maximum atomic E-state index is 14.3. The number of nitrogens with zero attached hydrogens (tertiary/aromatic N) is 2. The number of anilines is 1. The van der Waals surface area contributed by atoms with E-state index < -0.39 is 28.5 Å². The van der Waals surface area contributed by atoms with E-state index in [0.717, 1.165) is 42.0 Å². The normalized spacial score (nSPS) is 14.2. The van der Waals surface area contributed by atoms with Gasteiger partial charge in [0.05, 0.1) is 31.4 Å². The van der Waals surface area contributed by atoms with Crippen LogP contribution in [-0.2, 0) is 26.0 Å². The molecule has 1 fully saturated rings. The fraction of sp³-hybridized carbons (Fsp3) is 0.429. The molecule has 248 valence electrons. The average Bonchev–Trinajstić information content (AvgIpc) is 3.08. The van der Waals surface area contributed by atoms with E-state index >= 15 is 0 Å². The molecule has 1 atom stereocenters. The number of ether oxygens (including phenoxy) is 3. The van der Waals surface area contributed by atoms with E-state index in [9.17, 15) is 18.0 Å². The maximum Gasteiger partial charge on any atom is 0.264 e. The zero-order valence-corrected chi connectivity index (χ0v) is 27.9. The van der Waals surface area contributed by atoms with Gasteiger partial charge in [-0.1, -0.05) is 49.6 Å². The number of hydrogen-bond donors (Lipinski definition) is 1. The molecule has 0 heterocycles. The lowest BCUT2D eigenvalue weighted by atomic mass is 9.95. The van der Waals surface area contributed by atoms with Gasteiger partial charge in [-0.2, -0.15) is 0 Å². The molecule has 1 aliphatic carbocycles. The summed E-state index contributed by atoms with van der Waals surface area (Å²) < 4.78 is 45.8. The summed E-state index contributed by atoms with van der Waals surface area (Å²) in [6, 6.07) is 19.7. The van der Waals surface area contributed by atoms with Gasteiger partial charge in [-0.25, -0.2) is 8.42 Å². The Bertz CT molecular complexity index is 1540. The van der Waals surface area contributed by atoms with Crippen molar-refractivity contribution in [1.82, 2.24) is 10.2 Å². The van der Waals surface area contributed by atoms with Gasteiger partial charge >= 0.3 is 0 Å². The lowest BCUT2D eigenvalue weighted by molar-refractivity contribution is -0.139. The Morgan fingerprint density at radius 3 is 2.22 bits per heavy atom. The fourth-order valence-corrected chi connectivity index (χ4v) is 7.08. The third kappa shape index (κ3) is 8.72. The van der Waals surface area contributed by atoms with Gasteiger partial charge in [0.2, 0.25) is 11.8 Å². The SMILES string of the molecule is CCOc1ccc(N(CC(=O)N(CCc2ccccc2)[C@H](C)C(=O)NC2CCCCC2)S(=O)(=O)c2ccc(OC)c(OC)c2)cc1. The summed E-state index contributed by atoms with van der Waals surface area (Å²) in [4.78, 5) is 29.1. The number of carbonyl (C=O) groups is 2. The molecule has 1 aliphatic rings. The molecular formula is C35H45N3O7S. The van der Waals surface area contributed by atoms with Crippen molar-refractivity contribution in [3.05, 3.63) is 78.4 Å². The number of hydrogen-bond acceptors (Lipinski definition) is 7. The third-order valence-electron chi connectivity index (χ3n) is 8.26. The van der Waals surface area contributed by atoms with Gasteiger partial charge in [0.25, 0.3) is 10.0 Å². The van der Waals surface area contributed by atoms with Gasteiger partial charge in [0.15, 0.2) is 11.5 Å². The van der Waals surface area contributed by atoms with Crippen LogP contribution < -0.4 is 23.8 Å². The largest absolute Gasteiger partial charge is 0.494 e. The van der Waals surface area contributed by atoms with Crippen LogP contribution in [0.3, 0.4) is 0 Å². The van der Waals surface area contributed by atoms with Crippen molar-refractivity contribution in [1.29, 1.82) is 0 Å². The molecule has 0 saturated heterocycles. The molecule has 10 nitrogen and oxygen atoms in total. The molecule has 0 aliphatic heterocycles. The molecule has 3 aromatic carbocycles. The molecule has 46 heavy (non-hydrogen) atoms. The number of nitrogens with one attached hydrogen (secondary N) is 1. The molecule has 4 rings (SSSR count). The molecule has 0 unspecified atom stereocenters. The van der Waals surface area contributed by atoms with E-state index in [0.29, 0.717) is 24.5 Å². The third-order valence-corrected chi connectivity index (χ3v) is 10.0. The monoisotopic (exact) mass is 651 g/mol. The van der Waals surface area contributed by atoms with Crippen LogP contribution in [0.4, 0.5) is 5.69 Å². The van der Waals surface area contributed by atoms with E-state index in [1.165, 1.54) is 37.3 Å². The van der Waals surface area contributed by atoms with Crippen LogP contribution in [0.25, 0.3) is 0 Å². The van der Waals surface area contributed by atoms with Crippen LogP contribution in [0, 0.1) is 0 Å². The van der Waals surface area contributed by atoms with Crippen molar-refractivity contribution in [3.8, 4) is 17.2 Å². The van der Waals surface area contributed by atoms with E-state index in [2.05, 4.69) is 5.32 Å². The second-order valence-corrected chi connectivity index (χ2v) is 13.2. The first-order valence-corrected chi connectivity index (χ1v) is 17.2. The van der Waals surface area contributed by atoms with Crippen LogP contribution in [0.15, 0.2) is 77.7 Å². The molecule has 0 aromatic heterocycles. The van der Waals surface area contributed by atoms with Crippen LogP contribution in [-0.4, -0.2) is 71.1 Å². The highest BCUT2D eigenvalue weighted by Gasteiger charge is 2.33. The van der Waals surface area contributed by atoms with Gasteiger partial charge < -0.3 is 24.4 Å². The van der Waals surface area contributed by atoms with Gasteiger partial charge in [-0.3, -0.25) is 13.9 Å². The van der Waals surface area contributed by atoms with Gasteiger partial charge in [0, 0.05) is 18.7 Å². The van der Waals surface area contributed by atoms with Crippen LogP contribution in [0.2, 0.25) is 0 Å². The van der Waals surface area contributed by atoms with E-state index in [4.69, 9.17) is 14.2 Å². The van der Waals surface area contributed by atoms with Crippen molar-refractivity contribution in [3.63, 3.8) is 0 Å². The van der Waals surface area contributed by atoms with Crippen molar-refractivity contribution >= 4 is 27.5 Å². The lowest BCUT2D eigenvalue weighted by Gasteiger charge is -2.33. The Labute approximate surface area is 272 Å². The first kappa shape index (κ1) is 34.6. The smallest absolute Gasteiger partial charge is 0.264 e. The fourth-order valence-electron chi connectivity index (χ4n) is 5.65. The van der Waals surface area contributed by atoms with Crippen molar-refractivity contribution < 1.29 is 32.2 Å². The van der Waals surface area contributed by atoms with E-state index in [1.807, 2.05) is 37.3 Å². The average molecular weight is 652 g/mol. The first-order valence-electron chi connectivity index (χ1n) is 15.8. The predicted molar refractivity (Wildman–Crippen MR) is 178 cm³/mol. The molecule has 11 heteroatoms. The Morgan fingerprint density at radius 2 is 1.59 bits per heavy atom. The van der Waals surface area contributed by atoms with Crippen molar-refractivity contribution in [2.24, 2.45) is 0 Å². The predicted octanol–water partition coefficient (Wildman–Crippen LogP) is 5.21. The second-order valence-electron chi connectivity index (χ2n) is 11.3. The Morgan fingerprint density at radius 1 is 0.913 bits per heavy atom. The second kappa shape index (κ2) is 16.4. The number of rotatable bonds is 15. The number of sulfonamides is 1. The highest BCUT2D eigenvalue weighted by Crippen LogP contribution is 2.33. The minimum Gasteiger partial charge on any atom is -0.494 e. The van der Waals surface area contributed by atoms with Crippen LogP contribution in [0.5, 0.6) is 17.2 Å². The van der Waals surface area contributed by atoms with E-state index in [1.54, 1.807) is 31.2 Å². The van der Waals surface area contributed by atoms with Gasteiger partial charge in [-0.05, 0) is 75.1 Å². The zero-order valence-electron chi connectivity index (χ0n) is 27.1. The molecule has 0 bridgehead atoms. The number of methoxy groups -OCH3 is 2. The number of benzene rings is 3. The highest BCUT2D eigenvalue weighted by molar-refractivity contribution is 7.92. The molecule has 0 radical (unpaired) electrons. The summed E-state index contributed by atoms with van der Waals surface area (Å²) in [5.41, 5.74) is 1.27. The topological polar surface area (TPSA) is 114 Å². The molecule has 1 saturated carbocycles.